The van der Waals surface area contributed by atoms with E-state index in [9.17, 15) is 5.11 Å². The molecule has 0 heterocycles. The number of aromatic hydroxyl groups is 1. The molecular weight excluding hydrogens is 460 g/mol. The van der Waals surface area contributed by atoms with Crippen LogP contribution in [0.25, 0.3) is 0 Å². The van der Waals surface area contributed by atoms with Crippen LogP contribution in [0.5, 0.6) is 17.2 Å². The number of methoxy groups -OCH3 is 1. The van der Waals surface area contributed by atoms with Crippen LogP contribution in [-0.2, 0) is 19.4 Å². The summed E-state index contributed by atoms with van der Waals surface area (Å²) in [6.45, 7) is 10.9. The molecule has 37 heavy (non-hydrogen) atoms. The van der Waals surface area contributed by atoms with E-state index in [1.54, 1.807) is 7.11 Å². The quantitative estimate of drug-likeness (QED) is 0.284. The molecule has 5 heteroatoms. The molecule has 0 aliphatic heterocycles. The summed E-state index contributed by atoms with van der Waals surface area (Å²) in [5, 5.41) is 13.3. The van der Waals surface area contributed by atoms with Crippen molar-refractivity contribution in [2.75, 3.05) is 38.3 Å². The molecule has 0 saturated carbocycles. The van der Waals surface area contributed by atoms with E-state index >= 15 is 0 Å². The zero-order valence-corrected chi connectivity index (χ0v) is 22.8. The van der Waals surface area contributed by atoms with Crippen molar-refractivity contribution in [1.82, 2.24) is 5.32 Å². The number of hydrogen-bond acceptors (Lipinski definition) is 5. The Balaban J connectivity index is 1.46. The number of hydrogen-bond donors (Lipinski definition) is 2. The molecule has 0 bridgehead atoms. The first-order valence-corrected chi connectivity index (χ1v) is 13.6. The lowest BCUT2D eigenvalue weighted by Crippen LogP contribution is -2.25. The minimum absolute atomic E-state index is 0.360. The van der Waals surface area contributed by atoms with Crippen molar-refractivity contribution in [3.8, 4) is 17.2 Å². The Morgan fingerprint density at radius 3 is 2.51 bits per heavy atom. The Labute approximate surface area is 222 Å². The number of fused-ring (bicyclic) bond motifs is 1. The molecule has 3 aromatic rings. The van der Waals surface area contributed by atoms with Gasteiger partial charge in [0.15, 0.2) is 0 Å². The van der Waals surface area contributed by atoms with Crippen LogP contribution in [0.3, 0.4) is 0 Å². The molecule has 2 N–H and O–H groups in total. The molecule has 3 aromatic carbocycles. The van der Waals surface area contributed by atoms with Crippen LogP contribution in [0.4, 0.5) is 5.69 Å². The Morgan fingerprint density at radius 2 is 1.78 bits per heavy atom. The van der Waals surface area contributed by atoms with Crippen LogP contribution in [0.2, 0.25) is 0 Å². The molecule has 0 unspecified atom stereocenters. The molecule has 1 aliphatic carbocycles. The first-order chi connectivity index (χ1) is 18.0. The third kappa shape index (κ3) is 7.20. The van der Waals surface area contributed by atoms with E-state index < -0.39 is 0 Å². The van der Waals surface area contributed by atoms with Gasteiger partial charge in [0.2, 0.25) is 0 Å². The van der Waals surface area contributed by atoms with Gasteiger partial charge in [-0.1, -0.05) is 38.1 Å². The van der Waals surface area contributed by atoms with E-state index in [0.717, 1.165) is 56.9 Å². The van der Waals surface area contributed by atoms with Gasteiger partial charge in [-0.25, -0.2) is 0 Å². The Morgan fingerprint density at radius 1 is 1.00 bits per heavy atom. The normalized spacial score (nSPS) is 14.9. The largest absolute Gasteiger partial charge is 0.508 e. The Bertz CT molecular complexity index is 1140. The molecule has 0 saturated heterocycles. The number of rotatable bonds is 12. The topological polar surface area (TPSA) is 54.0 Å². The first-order valence-electron chi connectivity index (χ1n) is 13.6. The average Bonchev–Trinajstić information content (AvgIpc) is 2.91. The van der Waals surface area contributed by atoms with Gasteiger partial charge in [-0.05, 0) is 97.2 Å². The number of phenolic OH excluding ortho intramolecular Hbond substituents is 1. The fourth-order valence-corrected chi connectivity index (χ4v) is 5.19. The van der Waals surface area contributed by atoms with Crippen LogP contribution < -0.4 is 19.7 Å². The molecule has 0 radical (unpaired) electrons. The van der Waals surface area contributed by atoms with E-state index in [1.165, 1.54) is 27.9 Å². The summed E-state index contributed by atoms with van der Waals surface area (Å²) in [6, 6.07) is 20.8. The second-order valence-corrected chi connectivity index (χ2v) is 10.4. The highest BCUT2D eigenvalue weighted by atomic mass is 16.5. The van der Waals surface area contributed by atoms with Gasteiger partial charge in [-0.15, -0.1) is 0 Å². The second-order valence-electron chi connectivity index (χ2n) is 10.4. The van der Waals surface area contributed by atoms with Crippen LogP contribution in [0.15, 0.2) is 60.7 Å². The molecule has 1 atom stereocenters. The summed E-state index contributed by atoms with van der Waals surface area (Å²) >= 11 is 0. The van der Waals surface area contributed by atoms with Gasteiger partial charge in [0.25, 0.3) is 0 Å². The molecule has 198 valence electrons. The van der Waals surface area contributed by atoms with Crippen molar-refractivity contribution < 1.29 is 14.6 Å². The van der Waals surface area contributed by atoms with Gasteiger partial charge in [0.05, 0.1) is 7.11 Å². The van der Waals surface area contributed by atoms with Gasteiger partial charge in [-0.2, -0.15) is 0 Å². The molecule has 1 aliphatic rings. The van der Waals surface area contributed by atoms with E-state index in [4.69, 9.17) is 9.47 Å². The van der Waals surface area contributed by atoms with Crippen molar-refractivity contribution in [3.05, 3.63) is 82.9 Å². The Hall–Kier alpha value is -3.18. The molecule has 0 aromatic heterocycles. The molecule has 5 nitrogen and oxygen atoms in total. The number of benzene rings is 3. The number of nitrogens with zero attached hydrogens (tertiary/aromatic N) is 1. The summed E-state index contributed by atoms with van der Waals surface area (Å²) in [5.41, 5.74) is 6.48. The van der Waals surface area contributed by atoms with E-state index in [0.29, 0.717) is 24.2 Å². The predicted octanol–water partition coefficient (Wildman–Crippen LogP) is 6.32. The average molecular weight is 503 g/mol. The SMILES string of the molecule is CCN(Cc1ccc(OCCNCC(C)C)cc1)c1cc(OC)ccc1[C@@H]1CCc2cc(O)ccc2C1. The first kappa shape index (κ1) is 26.9. The molecule has 0 fully saturated rings. The minimum atomic E-state index is 0.360. The van der Waals surface area contributed by atoms with Crippen LogP contribution in [0.1, 0.15) is 55.4 Å². The number of anilines is 1. The maximum absolute atomic E-state index is 9.89. The standard InChI is InChI=1S/C32H42N2O3/c1-5-34(22-24-6-12-29(13-7-24)37-17-16-33-21-23(2)3)32-20-30(36-4)14-15-31(32)27-9-8-26-19-28(35)11-10-25(26)18-27/h6-7,10-15,19-20,23,27,33,35H,5,8-9,16-18,21-22H2,1-4H3/t27-/m1/s1. The van der Waals surface area contributed by atoms with Gasteiger partial charge in [0, 0.05) is 31.4 Å². The maximum Gasteiger partial charge on any atom is 0.120 e. The summed E-state index contributed by atoms with van der Waals surface area (Å²) in [6.07, 6.45) is 3.05. The van der Waals surface area contributed by atoms with Crippen LogP contribution >= 0.6 is 0 Å². The summed E-state index contributed by atoms with van der Waals surface area (Å²) in [7, 11) is 1.73. The predicted molar refractivity (Wildman–Crippen MR) is 152 cm³/mol. The van der Waals surface area contributed by atoms with Crippen molar-refractivity contribution in [2.24, 2.45) is 5.92 Å². The van der Waals surface area contributed by atoms with Crippen LogP contribution in [-0.4, -0.2) is 38.5 Å². The van der Waals surface area contributed by atoms with Gasteiger partial charge in [-0.3, -0.25) is 0 Å². The van der Waals surface area contributed by atoms with Crippen molar-refractivity contribution in [1.29, 1.82) is 0 Å². The van der Waals surface area contributed by atoms with Crippen molar-refractivity contribution in [2.45, 2.75) is 52.5 Å². The lowest BCUT2D eigenvalue weighted by Gasteiger charge is -2.32. The Kier molecular flexibility index (Phi) is 9.34. The highest BCUT2D eigenvalue weighted by Crippen LogP contribution is 2.40. The zero-order valence-electron chi connectivity index (χ0n) is 22.8. The van der Waals surface area contributed by atoms with E-state index in [2.05, 4.69) is 79.5 Å². The number of nitrogens with one attached hydrogen (secondary N) is 1. The fraction of sp³-hybridized carbons (Fsp3) is 0.438. The smallest absolute Gasteiger partial charge is 0.120 e. The molecule has 4 rings (SSSR count). The number of aryl methyl sites for hydroxylation is 1. The number of ether oxygens (including phenoxy) is 2. The lowest BCUT2D eigenvalue weighted by atomic mass is 9.79. The third-order valence-corrected chi connectivity index (χ3v) is 7.22. The molecule has 0 amide bonds. The number of phenols is 1. The monoisotopic (exact) mass is 502 g/mol. The van der Waals surface area contributed by atoms with Crippen LogP contribution in [0, 0.1) is 5.92 Å². The van der Waals surface area contributed by atoms with Gasteiger partial charge >= 0.3 is 0 Å². The van der Waals surface area contributed by atoms with Gasteiger partial charge < -0.3 is 24.8 Å². The highest BCUT2D eigenvalue weighted by Gasteiger charge is 2.24. The molecule has 0 spiro atoms. The third-order valence-electron chi connectivity index (χ3n) is 7.22. The fourth-order valence-electron chi connectivity index (χ4n) is 5.19. The van der Waals surface area contributed by atoms with Crippen molar-refractivity contribution >= 4 is 5.69 Å². The van der Waals surface area contributed by atoms with E-state index in [-0.39, 0.29) is 0 Å². The van der Waals surface area contributed by atoms with E-state index in [1.807, 2.05) is 12.1 Å². The zero-order chi connectivity index (χ0) is 26.2. The summed E-state index contributed by atoms with van der Waals surface area (Å²) in [5.74, 6) is 3.24. The molecular formula is C32H42N2O3. The van der Waals surface area contributed by atoms with Gasteiger partial charge in [0.1, 0.15) is 23.9 Å². The highest BCUT2D eigenvalue weighted by molar-refractivity contribution is 5.60. The lowest BCUT2D eigenvalue weighted by molar-refractivity contribution is 0.311. The summed E-state index contributed by atoms with van der Waals surface area (Å²) in [4.78, 5) is 2.44. The summed E-state index contributed by atoms with van der Waals surface area (Å²) < 4.78 is 11.5. The minimum Gasteiger partial charge on any atom is -0.508 e. The second kappa shape index (κ2) is 12.9. The maximum atomic E-state index is 9.89. The van der Waals surface area contributed by atoms with Crippen molar-refractivity contribution in [3.63, 3.8) is 0 Å².